The quantitative estimate of drug-likeness (QED) is 0.873. The lowest BCUT2D eigenvalue weighted by molar-refractivity contribution is -0.132. The lowest BCUT2D eigenvalue weighted by Gasteiger charge is -2.33. The molecule has 1 aliphatic rings. The Bertz CT molecular complexity index is 787. The summed E-state index contributed by atoms with van der Waals surface area (Å²) in [6, 6.07) is 6.00. The average Bonchev–Trinajstić information content (AvgIpc) is 2.64. The normalized spacial score (nSPS) is 17.0. The fourth-order valence-corrected chi connectivity index (χ4v) is 3.46. The van der Waals surface area contributed by atoms with Crippen LogP contribution in [0.5, 0.6) is 5.75 Å². The molecular weight excluding hydrogens is 347 g/mol. The van der Waals surface area contributed by atoms with E-state index in [2.05, 4.69) is 9.97 Å². The molecule has 0 bridgehead atoms. The number of anilines is 1. The highest BCUT2D eigenvalue weighted by Gasteiger charge is 2.25. The number of nitrogens with two attached hydrogens (primary N) is 1. The van der Waals surface area contributed by atoms with Crippen molar-refractivity contribution < 1.29 is 13.9 Å². The molecule has 2 N–H and O–H groups in total. The Morgan fingerprint density at radius 3 is 2.59 bits per heavy atom. The summed E-state index contributed by atoms with van der Waals surface area (Å²) in [5, 5.41) is 0. The van der Waals surface area contributed by atoms with E-state index in [9.17, 15) is 9.18 Å². The number of hydrogen-bond acceptors (Lipinski definition) is 5. The number of ether oxygens (including phenoxy) is 1. The maximum atomic E-state index is 13.0. The molecule has 7 heteroatoms. The smallest absolute Gasteiger partial charge is 0.227 e. The Labute approximate surface area is 158 Å². The van der Waals surface area contributed by atoms with E-state index in [1.54, 1.807) is 12.1 Å². The number of piperidine rings is 1. The molecule has 1 aliphatic heterocycles. The van der Waals surface area contributed by atoms with Crippen molar-refractivity contribution in [2.75, 3.05) is 25.4 Å². The number of carbonyl (C=O) groups excluding carboxylic acids is 1. The van der Waals surface area contributed by atoms with E-state index in [1.165, 1.54) is 12.1 Å². The summed E-state index contributed by atoms with van der Waals surface area (Å²) < 4.78 is 18.7. The van der Waals surface area contributed by atoms with Gasteiger partial charge in [0, 0.05) is 36.0 Å². The van der Waals surface area contributed by atoms with Gasteiger partial charge < -0.3 is 15.4 Å². The number of likely N-dealkylation sites (tertiary alicyclic amines) is 1. The summed E-state index contributed by atoms with van der Waals surface area (Å²) in [4.78, 5) is 23.0. The van der Waals surface area contributed by atoms with Crippen LogP contribution in [-0.4, -0.2) is 40.5 Å². The Balaban J connectivity index is 1.57. The first-order valence-corrected chi connectivity index (χ1v) is 9.18. The van der Waals surface area contributed by atoms with Crippen molar-refractivity contribution in [1.29, 1.82) is 0 Å². The largest absolute Gasteiger partial charge is 0.493 e. The number of nitrogens with zero attached hydrogens (tertiary/aromatic N) is 3. The van der Waals surface area contributed by atoms with Gasteiger partial charge in [0.1, 0.15) is 11.6 Å². The fraction of sp³-hybridized carbons (Fsp3) is 0.450. The number of hydrogen-bond donors (Lipinski definition) is 1. The number of amides is 1. The van der Waals surface area contributed by atoms with Gasteiger partial charge in [-0.15, -0.1) is 0 Å². The van der Waals surface area contributed by atoms with Crippen molar-refractivity contribution in [3.05, 3.63) is 47.0 Å². The van der Waals surface area contributed by atoms with Crippen LogP contribution in [0.15, 0.2) is 24.3 Å². The molecule has 1 aromatic heterocycles. The highest BCUT2D eigenvalue weighted by Crippen LogP contribution is 2.21. The molecule has 0 radical (unpaired) electrons. The molecule has 0 saturated carbocycles. The molecular formula is C20H25FN4O2. The number of aryl methyl sites for hydroxylation is 2. The van der Waals surface area contributed by atoms with Gasteiger partial charge in [0.15, 0.2) is 0 Å². The fourth-order valence-electron chi connectivity index (χ4n) is 3.46. The van der Waals surface area contributed by atoms with Crippen LogP contribution in [0.1, 0.15) is 29.8 Å². The van der Waals surface area contributed by atoms with Crippen molar-refractivity contribution >= 4 is 11.9 Å². The first kappa shape index (κ1) is 19.1. The highest BCUT2D eigenvalue weighted by atomic mass is 19.1. The Hall–Kier alpha value is -2.70. The van der Waals surface area contributed by atoms with E-state index < -0.39 is 0 Å². The first-order chi connectivity index (χ1) is 12.9. The standard InChI is InChI=1S/C20H25FN4O2/c1-13-18(14(2)24-20(22)23-13)10-19(26)25-9-3-4-15(11-25)12-27-17-7-5-16(21)6-8-17/h5-8,15H,3-4,9-12H2,1-2H3,(H2,22,23,24)/t15-/m0/s1. The minimum absolute atomic E-state index is 0.0704. The van der Waals surface area contributed by atoms with Crippen LogP contribution < -0.4 is 10.5 Å². The Morgan fingerprint density at radius 1 is 1.26 bits per heavy atom. The zero-order chi connectivity index (χ0) is 19.4. The van der Waals surface area contributed by atoms with Gasteiger partial charge in [-0.2, -0.15) is 0 Å². The minimum Gasteiger partial charge on any atom is -0.493 e. The van der Waals surface area contributed by atoms with Gasteiger partial charge in [0.25, 0.3) is 0 Å². The third-order valence-electron chi connectivity index (χ3n) is 4.94. The Kier molecular flexibility index (Phi) is 5.88. The van der Waals surface area contributed by atoms with Crippen LogP contribution in [-0.2, 0) is 11.2 Å². The van der Waals surface area contributed by atoms with Gasteiger partial charge in [0.05, 0.1) is 13.0 Å². The predicted molar refractivity (Wildman–Crippen MR) is 101 cm³/mol. The van der Waals surface area contributed by atoms with E-state index in [-0.39, 0.29) is 30.0 Å². The van der Waals surface area contributed by atoms with Crippen molar-refractivity contribution in [2.45, 2.75) is 33.1 Å². The van der Waals surface area contributed by atoms with Crippen molar-refractivity contribution in [3.8, 4) is 5.75 Å². The van der Waals surface area contributed by atoms with E-state index >= 15 is 0 Å². The summed E-state index contributed by atoms with van der Waals surface area (Å²) in [6.45, 7) is 5.62. The summed E-state index contributed by atoms with van der Waals surface area (Å²) in [7, 11) is 0. The van der Waals surface area contributed by atoms with Crippen molar-refractivity contribution in [2.24, 2.45) is 5.92 Å². The molecule has 0 unspecified atom stereocenters. The number of nitrogen functional groups attached to an aromatic ring is 1. The van der Waals surface area contributed by atoms with Gasteiger partial charge in [0.2, 0.25) is 11.9 Å². The summed E-state index contributed by atoms with van der Waals surface area (Å²) in [5.74, 6) is 0.926. The van der Waals surface area contributed by atoms with Crippen LogP contribution in [0.3, 0.4) is 0 Å². The van der Waals surface area contributed by atoms with Crippen LogP contribution in [0.25, 0.3) is 0 Å². The second kappa shape index (κ2) is 8.33. The minimum atomic E-state index is -0.283. The van der Waals surface area contributed by atoms with Gasteiger partial charge in [-0.1, -0.05) is 0 Å². The maximum Gasteiger partial charge on any atom is 0.227 e. The SMILES string of the molecule is Cc1nc(N)nc(C)c1CC(=O)N1CCC[C@H](COc2ccc(F)cc2)C1. The van der Waals surface area contributed by atoms with Gasteiger partial charge in [-0.05, 0) is 51.0 Å². The number of halogens is 1. The van der Waals surface area contributed by atoms with Gasteiger partial charge in [-0.25, -0.2) is 14.4 Å². The summed E-state index contributed by atoms with van der Waals surface area (Å²) in [5.41, 5.74) is 8.01. The highest BCUT2D eigenvalue weighted by molar-refractivity contribution is 5.79. The third kappa shape index (κ3) is 4.93. The molecule has 1 saturated heterocycles. The van der Waals surface area contributed by atoms with E-state index in [0.717, 1.165) is 36.3 Å². The number of carbonyl (C=O) groups is 1. The van der Waals surface area contributed by atoms with E-state index in [1.807, 2.05) is 18.7 Å². The van der Waals surface area contributed by atoms with Crippen LogP contribution >= 0.6 is 0 Å². The third-order valence-corrected chi connectivity index (χ3v) is 4.94. The van der Waals surface area contributed by atoms with Crippen LogP contribution in [0.4, 0.5) is 10.3 Å². The zero-order valence-electron chi connectivity index (χ0n) is 15.7. The maximum absolute atomic E-state index is 13.0. The molecule has 1 aromatic carbocycles. The zero-order valence-corrected chi connectivity index (χ0v) is 15.7. The topological polar surface area (TPSA) is 81.3 Å². The predicted octanol–water partition coefficient (Wildman–Crippen LogP) is 2.67. The second-order valence-corrected chi connectivity index (χ2v) is 7.02. The van der Waals surface area contributed by atoms with Gasteiger partial charge >= 0.3 is 0 Å². The molecule has 0 aliphatic carbocycles. The van der Waals surface area contributed by atoms with Crippen LogP contribution in [0.2, 0.25) is 0 Å². The molecule has 1 fully saturated rings. The summed E-state index contributed by atoms with van der Waals surface area (Å²) >= 11 is 0. The van der Waals surface area contributed by atoms with Gasteiger partial charge in [-0.3, -0.25) is 4.79 Å². The molecule has 2 aromatic rings. The lowest BCUT2D eigenvalue weighted by atomic mass is 9.98. The van der Waals surface area contributed by atoms with E-state index in [4.69, 9.17) is 10.5 Å². The van der Waals surface area contributed by atoms with Crippen molar-refractivity contribution in [1.82, 2.24) is 14.9 Å². The molecule has 27 heavy (non-hydrogen) atoms. The molecule has 6 nitrogen and oxygen atoms in total. The molecule has 144 valence electrons. The average molecular weight is 372 g/mol. The summed E-state index contributed by atoms with van der Waals surface area (Å²) in [6.07, 6.45) is 2.23. The molecule has 0 spiro atoms. The first-order valence-electron chi connectivity index (χ1n) is 9.18. The van der Waals surface area contributed by atoms with E-state index in [0.29, 0.717) is 18.9 Å². The molecule has 2 heterocycles. The molecule has 1 amide bonds. The molecule has 1 atom stereocenters. The number of rotatable bonds is 5. The van der Waals surface area contributed by atoms with Crippen LogP contribution in [0, 0.1) is 25.6 Å². The monoisotopic (exact) mass is 372 g/mol. The van der Waals surface area contributed by atoms with Crippen molar-refractivity contribution in [3.63, 3.8) is 0 Å². The number of benzene rings is 1. The number of aromatic nitrogens is 2. The lowest BCUT2D eigenvalue weighted by Crippen LogP contribution is -2.42. The second-order valence-electron chi connectivity index (χ2n) is 7.02. The Morgan fingerprint density at radius 2 is 1.93 bits per heavy atom. The molecule has 3 rings (SSSR count).